The molecule has 0 aromatic rings. The average Bonchev–Trinajstić information content (AvgIpc) is 3.36. The molecule has 0 spiro atoms. The van der Waals surface area contributed by atoms with Gasteiger partial charge in [0.25, 0.3) is 0 Å². The second-order valence-corrected chi connectivity index (χ2v) is 23.3. The number of carbonyl (C=O) groups excluding carboxylic acids is 1. The highest BCUT2D eigenvalue weighted by molar-refractivity contribution is 5.76. The molecule has 0 aliphatic carbocycles. The molecule has 70 heavy (non-hydrogen) atoms. The summed E-state index contributed by atoms with van der Waals surface area (Å²) in [5, 5.41) is 23.4. The molecule has 0 aromatic carbocycles. The molecule has 0 bridgehead atoms. The van der Waals surface area contributed by atoms with Crippen LogP contribution in [0.25, 0.3) is 0 Å². The molecule has 0 aliphatic rings. The zero-order chi connectivity index (χ0) is 50.6. The molecule has 0 aliphatic heterocycles. The molecule has 4 heteroatoms. The van der Waals surface area contributed by atoms with Crippen LogP contribution < -0.4 is 5.32 Å². The minimum absolute atomic E-state index is 0.0197. The Kier molecular flexibility index (Phi) is 62.1. The van der Waals surface area contributed by atoms with Gasteiger partial charge in [-0.25, -0.2) is 0 Å². The first-order chi connectivity index (χ1) is 34.7. The molecular formula is C66H133NO3. The zero-order valence-corrected chi connectivity index (χ0v) is 48.6. The van der Waals surface area contributed by atoms with E-state index in [2.05, 4.69) is 19.2 Å². The Morgan fingerprint density at radius 1 is 0.286 bits per heavy atom. The monoisotopic (exact) mass is 988 g/mol. The van der Waals surface area contributed by atoms with E-state index in [4.69, 9.17) is 0 Å². The van der Waals surface area contributed by atoms with Crippen molar-refractivity contribution in [2.24, 2.45) is 0 Å². The van der Waals surface area contributed by atoms with Crippen molar-refractivity contribution in [2.45, 2.75) is 411 Å². The summed E-state index contributed by atoms with van der Waals surface area (Å²) in [5.41, 5.74) is 0. The first-order valence-electron chi connectivity index (χ1n) is 33.2. The van der Waals surface area contributed by atoms with Crippen molar-refractivity contribution in [3.05, 3.63) is 0 Å². The number of carbonyl (C=O) groups is 1. The molecule has 0 saturated carbocycles. The van der Waals surface area contributed by atoms with E-state index < -0.39 is 12.1 Å². The van der Waals surface area contributed by atoms with E-state index in [9.17, 15) is 15.0 Å². The number of hydrogen-bond acceptors (Lipinski definition) is 3. The maximum absolute atomic E-state index is 12.5. The minimum atomic E-state index is -0.656. The summed E-state index contributed by atoms with van der Waals surface area (Å²) >= 11 is 0. The van der Waals surface area contributed by atoms with Crippen LogP contribution in [0, 0.1) is 0 Å². The van der Waals surface area contributed by atoms with Gasteiger partial charge in [-0.05, 0) is 12.8 Å². The Balaban J connectivity index is 3.36. The first kappa shape index (κ1) is 69.4. The molecule has 3 N–H and O–H groups in total. The van der Waals surface area contributed by atoms with Crippen molar-refractivity contribution in [1.29, 1.82) is 0 Å². The van der Waals surface area contributed by atoms with Crippen LogP contribution in [0.1, 0.15) is 399 Å². The maximum atomic E-state index is 12.5. The first-order valence-corrected chi connectivity index (χ1v) is 33.2. The standard InChI is InChI=1S/C66H133NO3/c1-3-5-7-9-11-13-15-17-19-21-23-25-27-29-31-33-34-36-38-40-42-44-46-48-50-52-54-56-58-60-62-66(70)67-64(63-68)65(69)61-59-57-55-53-51-49-47-45-43-41-39-37-35-32-30-28-26-24-22-20-18-16-14-12-10-8-6-4-2/h64-65,68-69H,3-63H2,1-2H3,(H,67,70). The van der Waals surface area contributed by atoms with Crippen molar-refractivity contribution >= 4 is 5.91 Å². The van der Waals surface area contributed by atoms with Crippen molar-refractivity contribution in [1.82, 2.24) is 5.32 Å². The number of aliphatic hydroxyl groups is 2. The predicted molar refractivity (Wildman–Crippen MR) is 313 cm³/mol. The van der Waals surface area contributed by atoms with Crippen LogP contribution in [0.4, 0.5) is 0 Å². The van der Waals surface area contributed by atoms with E-state index in [-0.39, 0.29) is 12.5 Å². The molecule has 2 unspecified atom stereocenters. The van der Waals surface area contributed by atoms with E-state index >= 15 is 0 Å². The summed E-state index contributed by atoms with van der Waals surface area (Å²) in [6, 6.07) is -0.532. The zero-order valence-electron chi connectivity index (χ0n) is 48.6. The third-order valence-corrected chi connectivity index (χ3v) is 16.1. The Morgan fingerprint density at radius 3 is 0.643 bits per heavy atom. The van der Waals surface area contributed by atoms with Gasteiger partial charge in [0.05, 0.1) is 18.8 Å². The van der Waals surface area contributed by atoms with Gasteiger partial charge in [0.1, 0.15) is 0 Å². The Hall–Kier alpha value is -0.610. The molecule has 0 saturated heterocycles. The molecule has 0 heterocycles. The maximum Gasteiger partial charge on any atom is 0.220 e. The summed E-state index contributed by atoms with van der Waals surface area (Å²) in [6.45, 7) is 4.42. The van der Waals surface area contributed by atoms with E-state index in [1.54, 1.807) is 0 Å². The lowest BCUT2D eigenvalue weighted by atomic mass is 10.0. The fourth-order valence-electron chi connectivity index (χ4n) is 11.1. The number of unbranched alkanes of at least 4 members (excludes halogenated alkanes) is 56. The molecule has 1 amide bonds. The number of nitrogens with one attached hydrogen (secondary N) is 1. The molecule has 2 atom stereocenters. The summed E-state index contributed by atoms with van der Waals surface area (Å²) in [7, 11) is 0. The SMILES string of the molecule is CCCCCCCCCCCCCCCCCCCCCCCCCCCCCCCCC(=O)NC(CO)C(O)CCCCCCCCCCCCCCCCCCCCCCCCCCCCCC. The fraction of sp³-hybridized carbons (Fsp3) is 0.985. The lowest BCUT2D eigenvalue weighted by Crippen LogP contribution is -2.45. The second-order valence-electron chi connectivity index (χ2n) is 23.3. The minimum Gasteiger partial charge on any atom is -0.394 e. The normalized spacial score (nSPS) is 12.6. The van der Waals surface area contributed by atoms with Gasteiger partial charge in [-0.2, -0.15) is 0 Å². The van der Waals surface area contributed by atoms with Crippen LogP contribution in [0.2, 0.25) is 0 Å². The number of amides is 1. The topological polar surface area (TPSA) is 69.6 Å². The van der Waals surface area contributed by atoms with Gasteiger partial charge in [-0.3, -0.25) is 4.79 Å². The van der Waals surface area contributed by atoms with Crippen molar-refractivity contribution in [2.75, 3.05) is 6.61 Å². The predicted octanol–water partition coefficient (Wildman–Crippen LogP) is 22.3. The summed E-state index contributed by atoms with van der Waals surface area (Å²) in [4.78, 5) is 12.5. The smallest absolute Gasteiger partial charge is 0.220 e. The van der Waals surface area contributed by atoms with Crippen LogP contribution >= 0.6 is 0 Å². The molecular weight excluding hydrogens is 855 g/mol. The van der Waals surface area contributed by atoms with Gasteiger partial charge in [-0.1, -0.05) is 380 Å². The lowest BCUT2D eigenvalue weighted by Gasteiger charge is -2.22. The number of rotatable bonds is 63. The highest BCUT2D eigenvalue weighted by atomic mass is 16.3. The quantitative estimate of drug-likeness (QED) is 0.0532. The van der Waals surface area contributed by atoms with Crippen LogP contribution in [-0.2, 0) is 4.79 Å². The molecule has 0 aromatic heterocycles. The Labute approximate surface area is 442 Å². The van der Waals surface area contributed by atoms with E-state index in [1.807, 2.05) is 0 Å². The highest BCUT2D eigenvalue weighted by Crippen LogP contribution is 2.20. The third kappa shape index (κ3) is 58.3. The van der Waals surface area contributed by atoms with E-state index in [0.29, 0.717) is 12.8 Å². The van der Waals surface area contributed by atoms with E-state index in [1.165, 1.54) is 347 Å². The van der Waals surface area contributed by atoms with Gasteiger partial charge < -0.3 is 15.5 Å². The molecule has 0 radical (unpaired) electrons. The number of aliphatic hydroxyl groups excluding tert-OH is 2. The molecule has 0 fully saturated rings. The molecule has 4 nitrogen and oxygen atoms in total. The fourth-order valence-corrected chi connectivity index (χ4v) is 11.1. The van der Waals surface area contributed by atoms with Gasteiger partial charge in [0.15, 0.2) is 0 Å². The largest absolute Gasteiger partial charge is 0.394 e. The summed E-state index contributed by atoms with van der Waals surface area (Å²) < 4.78 is 0. The summed E-state index contributed by atoms with van der Waals surface area (Å²) in [6.07, 6.45) is 81.5. The second kappa shape index (κ2) is 62.7. The van der Waals surface area contributed by atoms with Gasteiger partial charge in [0.2, 0.25) is 5.91 Å². The van der Waals surface area contributed by atoms with Crippen molar-refractivity contribution in [3.63, 3.8) is 0 Å². The number of hydrogen-bond donors (Lipinski definition) is 3. The van der Waals surface area contributed by atoms with Crippen molar-refractivity contribution < 1.29 is 15.0 Å². The van der Waals surface area contributed by atoms with Crippen molar-refractivity contribution in [3.8, 4) is 0 Å². The molecule has 420 valence electrons. The highest BCUT2D eigenvalue weighted by Gasteiger charge is 2.20. The van der Waals surface area contributed by atoms with Gasteiger partial charge in [-0.15, -0.1) is 0 Å². The Morgan fingerprint density at radius 2 is 0.457 bits per heavy atom. The van der Waals surface area contributed by atoms with Crippen LogP contribution in [0.3, 0.4) is 0 Å². The van der Waals surface area contributed by atoms with Crippen LogP contribution in [0.5, 0.6) is 0 Å². The van der Waals surface area contributed by atoms with E-state index in [0.717, 1.165) is 25.7 Å². The molecule has 0 rings (SSSR count). The van der Waals surface area contributed by atoms with Gasteiger partial charge in [0, 0.05) is 6.42 Å². The Bertz CT molecular complexity index is 940. The van der Waals surface area contributed by atoms with Gasteiger partial charge >= 0.3 is 0 Å². The third-order valence-electron chi connectivity index (χ3n) is 16.1. The van der Waals surface area contributed by atoms with Crippen LogP contribution in [-0.4, -0.2) is 34.9 Å². The van der Waals surface area contributed by atoms with Crippen LogP contribution in [0.15, 0.2) is 0 Å². The lowest BCUT2D eigenvalue weighted by molar-refractivity contribution is -0.123. The average molecular weight is 989 g/mol. The summed E-state index contributed by atoms with van der Waals surface area (Å²) in [5.74, 6) is -0.0197.